The lowest BCUT2D eigenvalue weighted by Crippen LogP contribution is -2.02. The zero-order valence-electron chi connectivity index (χ0n) is 11.5. The van der Waals surface area contributed by atoms with Crippen molar-refractivity contribution in [3.63, 3.8) is 0 Å². The van der Waals surface area contributed by atoms with Crippen molar-refractivity contribution in [1.82, 2.24) is 0 Å². The average molecular weight is 270 g/mol. The predicted octanol–water partition coefficient (Wildman–Crippen LogP) is 3.00. The molecule has 3 rings (SSSR count). The lowest BCUT2D eigenvalue weighted by Gasteiger charge is -2.12. The fraction of sp³-hybridized carbons (Fsp3) is 0.294. The second-order valence-corrected chi connectivity index (χ2v) is 5.09. The molecule has 2 aromatic carbocycles. The maximum atomic E-state index is 10.4. The van der Waals surface area contributed by atoms with Crippen LogP contribution in [0.5, 0.6) is 5.75 Å². The first-order chi connectivity index (χ1) is 9.76. The molecule has 0 aromatic heterocycles. The minimum absolute atomic E-state index is 0.491. The summed E-state index contributed by atoms with van der Waals surface area (Å²) in [6, 6.07) is 13.9. The molecule has 3 heteroatoms. The first-order valence-electron chi connectivity index (χ1n) is 6.76. The molecular formula is C17H18O3. The van der Waals surface area contributed by atoms with Gasteiger partial charge in [0.1, 0.15) is 5.75 Å². The summed E-state index contributed by atoms with van der Waals surface area (Å²) in [6.07, 6.45) is 0.109. The van der Waals surface area contributed by atoms with Crippen LogP contribution in [0.1, 0.15) is 28.4 Å². The van der Waals surface area contributed by atoms with Crippen LogP contribution in [0.3, 0.4) is 0 Å². The van der Waals surface area contributed by atoms with Crippen LogP contribution in [-0.4, -0.2) is 12.2 Å². The van der Waals surface area contributed by atoms with Gasteiger partial charge in [-0.1, -0.05) is 30.3 Å². The van der Waals surface area contributed by atoms with Crippen LogP contribution in [-0.2, 0) is 24.4 Å². The Balaban J connectivity index is 1.73. The molecule has 1 unspecified atom stereocenters. The number of hydrogen-bond acceptors (Lipinski definition) is 3. The van der Waals surface area contributed by atoms with Gasteiger partial charge >= 0.3 is 0 Å². The summed E-state index contributed by atoms with van der Waals surface area (Å²) in [5, 5.41) is 10.4. The zero-order valence-corrected chi connectivity index (χ0v) is 11.5. The fourth-order valence-electron chi connectivity index (χ4n) is 2.50. The Hall–Kier alpha value is -1.84. The van der Waals surface area contributed by atoms with E-state index in [1.54, 1.807) is 7.11 Å². The Morgan fingerprint density at radius 1 is 1.10 bits per heavy atom. The number of rotatable bonds is 4. The van der Waals surface area contributed by atoms with Gasteiger partial charge in [-0.2, -0.15) is 0 Å². The number of ether oxygens (including phenoxy) is 2. The molecule has 20 heavy (non-hydrogen) atoms. The Morgan fingerprint density at radius 2 is 1.85 bits per heavy atom. The molecule has 0 fully saturated rings. The SMILES string of the molecule is COc1ccc(CC(O)c2ccc3c(c2)COC3)cc1. The molecule has 1 atom stereocenters. The van der Waals surface area contributed by atoms with E-state index in [4.69, 9.17) is 9.47 Å². The standard InChI is InChI=1S/C17H18O3/c1-19-16-6-2-12(3-7-16)8-17(18)13-4-5-14-10-20-11-15(14)9-13/h2-7,9,17-18H,8,10-11H2,1H3. The molecule has 1 N–H and O–H groups in total. The third kappa shape index (κ3) is 2.69. The summed E-state index contributed by atoms with van der Waals surface area (Å²) in [4.78, 5) is 0. The van der Waals surface area contributed by atoms with Gasteiger partial charge in [0.15, 0.2) is 0 Å². The number of benzene rings is 2. The highest BCUT2D eigenvalue weighted by molar-refractivity contribution is 5.35. The number of methoxy groups -OCH3 is 1. The third-order valence-electron chi connectivity index (χ3n) is 3.72. The molecule has 0 radical (unpaired) electrons. The van der Waals surface area contributed by atoms with E-state index in [-0.39, 0.29) is 0 Å². The highest BCUT2D eigenvalue weighted by atomic mass is 16.5. The second kappa shape index (κ2) is 5.65. The lowest BCUT2D eigenvalue weighted by molar-refractivity contribution is 0.134. The van der Waals surface area contributed by atoms with Gasteiger partial charge in [-0.25, -0.2) is 0 Å². The maximum Gasteiger partial charge on any atom is 0.118 e. The van der Waals surface area contributed by atoms with E-state index in [9.17, 15) is 5.11 Å². The van der Waals surface area contributed by atoms with Crippen LogP contribution < -0.4 is 4.74 Å². The molecule has 104 valence electrons. The fourth-order valence-corrected chi connectivity index (χ4v) is 2.50. The van der Waals surface area contributed by atoms with Crippen molar-refractivity contribution in [3.8, 4) is 5.75 Å². The van der Waals surface area contributed by atoms with Crippen molar-refractivity contribution < 1.29 is 14.6 Å². The van der Waals surface area contributed by atoms with Gasteiger partial charge in [0.2, 0.25) is 0 Å². The summed E-state index contributed by atoms with van der Waals surface area (Å²) in [7, 11) is 1.65. The normalized spacial score (nSPS) is 14.9. The zero-order chi connectivity index (χ0) is 13.9. The molecule has 0 aliphatic carbocycles. The molecule has 0 saturated carbocycles. The van der Waals surface area contributed by atoms with Gasteiger partial charge in [0.25, 0.3) is 0 Å². The number of aliphatic hydroxyl groups excluding tert-OH is 1. The first kappa shape index (κ1) is 13.2. The van der Waals surface area contributed by atoms with Gasteiger partial charge in [0.05, 0.1) is 26.4 Å². The summed E-state index contributed by atoms with van der Waals surface area (Å²) >= 11 is 0. The first-order valence-corrected chi connectivity index (χ1v) is 6.76. The van der Waals surface area contributed by atoms with Crippen LogP contribution >= 0.6 is 0 Å². The van der Waals surface area contributed by atoms with Crippen molar-refractivity contribution >= 4 is 0 Å². The minimum Gasteiger partial charge on any atom is -0.497 e. The molecular weight excluding hydrogens is 252 g/mol. The van der Waals surface area contributed by atoms with Gasteiger partial charge in [-0.15, -0.1) is 0 Å². The lowest BCUT2D eigenvalue weighted by atomic mass is 9.98. The van der Waals surface area contributed by atoms with Gasteiger partial charge < -0.3 is 14.6 Å². The topological polar surface area (TPSA) is 38.7 Å². The predicted molar refractivity (Wildman–Crippen MR) is 76.6 cm³/mol. The molecule has 0 spiro atoms. The van der Waals surface area contributed by atoms with Crippen LogP contribution in [0.25, 0.3) is 0 Å². The van der Waals surface area contributed by atoms with Crippen molar-refractivity contribution in [2.75, 3.05) is 7.11 Å². The van der Waals surface area contributed by atoms with Crippen molar-refractivity contribution in [2.45, 2.75) is 25.7 Å². The Morgan fingerprint density at radius 3 is 2.60 bits per heavy atom. The Bertz CT molecular complexity index is 590. The van der Waals surface area contributed by atoms with Crippen LogP contribution in [0.2, 0.25) is 0 Å². The van der Waals surface area contributed by atoms with E-state index in [1.807, 2.05) is 30.3 Å². The number of fused-ring (bicyclic) bond motifs is 1. The molecule has 0 amide bonds. The average Bonchev–Trinajstić information content (AvgIpc) is 2.95. The van der Waals surface area contributed by atoms with Crippen molar-refractivity contribution in [2.24, 2.45) is 0 Å². The quantitative estimate of drug-likeness (QED) is 0.928. The summed E-state index contributed by atoms with van der Waals surface area (Å²) in [5.41, 5.74) is 4.46. The highest BCUT2D eigenvalue weighted by Gasteiger charge is 2.15. The van der Waals surface area contributed by atoms with E-state index in [1.165, 1.54) is 11.1 Å². The van der Waals surface area contributed by atoms with E-state index in [0.29, 0.717) is 19.6 Å². The molecule has 2 aromatic rings. The summed E-state index contributed by atoms with van der Waals surface area (Å²) in [6.45, 7) is 1.34. The molecule has 0 bridgehead atoms. The van der Waals surface area contributed by atoms with E-state index in [2.05, 4.69) is 12.1 Å². The molecule has 1 heterocycles. The van der Waals surface area contributed by atoms with Crippen LogP contribution in [0.15, 0.2) is 42.5 Å². The number of aliphatic hydroxyl groups is 1. The summed E-state index contributed by atoms with van der Waals surface area (Å²) in [5.74, 6) is 0.831. The van der Waals surface area contributed by atoms with Gasteiger partial charge in [0, 0.05) is 6.42 Å². The van der Waals surface area contributed by atoms with Gasteiger partial charge in [-0.3, -0.25) is 0 Å². The van der Waals surface area contributed by atoms with E-state index >= 15 is 0 Å². The molecule has 1 aliphatic rings. The Labute approximate surface area is 118 Å². The summed E-state index contributed by atoms with van der Waals surface area (Å²) < 4.78 is 10.5. The smallest absolute Gasteiger partial charge is 0.118 e. The maximum absolute atomic E-state index is 10.4. The highest BCUT2D eigenvalue weighted by Crippen LogP contribution is 2.26. The second-order valence-electron chi connectivity index (χ2n) is 5.09. The number of hydrogen-bond donors (Lipinski definition) is 1. The third-order valence-corrected chi connectivity index (χ3v) is 3.72. The van der Waals surface area contributed by atoms with Crippen LogP contribution in [0, 0.1) is 0 Å². The monoisotopic (exact) mass is 270 g/mol. The minimum atomic E-state index is -0.491. The van der Waals surface area contributed by atoms with E-state index < -0.39 is 6.10 Å². The molecule has 1 aliphatic heterocycles. The van der Waals surface area contributed by atoms with Crippen molar-refractivity contribution in [1.29, 1.82) is 0 Å². The molecule has 3 nitrogen and oxygen atoms in total. The Kier molecular flexibility index (Phi) is 3.72. The van der Waals surface area contributed by atoms with Crippen LogP contribution in [0.4, 0.5) is 0 Å². The largest absolute Gasteiger partial charge is 0.497 e. The molecule has 0 saturated heterocycles. The van der Waals surface area contributed by atoms with Gasteiger partial charge in [-0.05, 0) is 34.4 Å². The van der Waals surface area contributed by atoms with Crippen molar-refractivity contribution in [3.05, 3.63) is 64.7 Å². The van der Waals surface area contributed by atoms with E-state index in [0.717, 1.165) is 16.9 Å².